The Kier molecular flexibility index (Phi) is 9.87. The van der Waals surface area contributed by atoms with Crippen LogP contribution >= 0.6 is 7.82 Å². The molecule has 15 nitrogen and oxygen atoms in total. The lowest BCUT2D eigenvalue weighted by atomic mass is 10.1. The zero-order valence-electron chi connectivity index (χ0n) is 18.2. The van der Waals surface area contributed by atoms with Crippen LogP contribution in [0.25, 0.3) is 11.2 Å². The number of imidazole rings is 1. The number of fused-ring (bicyclic) bond motifs is 1. The number of carbonyl (C=O) groups is 1. The molecule has 2 aliphatic carbocycles. The van der Waals surface area contributed by atoms with E-state index in [-0.39, 0.29) is 36.8 Å². The molecule has 0 spiro atoms. The van der Waals surface area contributed by atoms with Gasteiger partial charge in [-0.3, -0.25) is 9.79 Å². The van der Waals surface area contributed by atoms with Crippen molar-refractivity contribution in [3.8, 4) is 0 Å². The van der Waals surface area contributed by atoms with E-state index in [0.29, 0.717) is 6.04 Å². The first kappa shape index (κ1) is 28.4. The number of carbonyl (C=O) groups excluding carboxylic acids is 1. The van der Waals surface area contributed by atoms with Crippen molar-refractivity contribution in [2.45, 2.75) is 44.3 Å². The van der Waals surface area contributed by atoms with Crippen LogP contribution in [-0.2, 0) is 13.9 Å². The molecule has 186 valence electrons. The van der Waals surface area contributed by atoms with Gasteiger partial charge in [0.1, 0.15) is 6.04 Å². The lowest BCUT2D eigenvalue weighted by Crippen LogP contribution is -2.27. The van der Waals surface area contributed by atoms with Crippen molar-refractivity contribution in [3.05, 3.63) is 18.5 Å². The largest absolute Gasteiger partial charge is 0.527 e. The Labute approximate surface area is 190 Å². The molecule has 16 heteroatoms. The second-order valence-corrected chi connectivity index (χ2v) is 8.66. The first-order chi connectivity index (χ1) is 14.6. The van der Waals surface area contributed by atoms with Gasteiger partial charge < -0.3 is 43.3 Å². The first-order valence-electron chi connectivity index (χ1n) is 9.67. The molecule has 2 heterocycles. The minimum Gasteiger partial charge on any atom is -0.396 e. The van der Waals surface area contributed by atoms with Gasteiger partial charge in [0.15, 0.2) is 17.0 Å². The van der Waals surface area contributed by atoms with E-state index in [2.05, 4.69) is 30.9 Å². The van der Waals surface area contributed by atoms with E-state index in [1.54, 1.807) is 6.33 Å². The van der Waals surface area contributed by atoms with Crippen LogP contribution in [0.3, 0.4) is 0 Å². The molecular weight excluding hydrogens is 457 g/mol. The van der Waals surface area contributed by atoms with Gasteiger partial charge in [-0.05, 0) is 26.2 Å². The Morgan fingerprint density at radius 3 is 2.48 bits per heavy atom. The number of hydrogen-bond donors (Lipinski definition) is 8. The number of nitrogens with zero attached hydrogens (tertiary/aromatic N) is 4. The van der Waals surface area contributed by atoms with Crippen LogP contribution in [0, 0.1) is 5.92 Å². The van der Waals surface area contributed by atoms with Crippen molar-refractivity contribution >= 4 is 36.7 Å². The van der Waals surface area contributed by atoms with Crippen molar-refractivity contribution in [3.63, 3.8) is 0 Å². The standard InChI is InChI=1S/C14H18N6O.C3H8NO5P.2H3N/c15-14-18-12(17-9-2-3-9)11-13(19-14)20(7-16-11)10-4-1-8(5-10)6-21;1-2(4)3(5)9-10(6,7)8;;/h1,4,7-10,21H,2-3,5-6H2,(H3,15,17,18,19);2H,4H2,1H3,(H2,6,7,8);2*1H3/t8-,10+;2-;;/m10../s1. The summed E-state index contributed by atoms with van der Waals surface area (Å²) in [6.45, 7) is 1.43. The Bertz CT molecular complexity index is 1020. The molecule has 0 radical (unpaired) electrons. The van der Waals surface area contributed by atoms with Crippen molar-refractivity contribution < 1.29 is 28.8 Å². The SMILES string of the molecule is C[C@H](N)C(=O)OP(=O)(O)O.N.N.Nc1nc(NC2CC2)c2ncn([C@H]3C=C[C@@H](CO)C3)c2n1. The number of nitrogen functional groups attached to an aromatic ring is 1. The van der Waals surface area contributed by atoms with Crippen LogP contribution in [0.15, 0.2) is 18.5 Å². The summed E-state index contributed by atoms with van der Waals surface area (Å²) < 4.78 is 15.6. The number of phosphoric acid groups is 1. The molecule has 1 saturated carbocycles. The van der Waals surface area contributed by atoms with E-state index in [1.165, 1.54) is 6.92 Å². The zero-order chi connectivity index (χ0) is 22.8. The summed E-state index contributed by atoms with van der Waals surface area (Å²) in [7, 11) is -4.71. The summed E-state index contributed by atoms with van der Waals surface area (Å²) in [5, 5.41) is 12.6. The fourth-order valence-electron chi connectivity index (χ4n) is 2.99. The second kappa shape index (κ2) is 11.5. The van der Waals surface area contributed by atoms with Gasteiger partial charge in [0.2, 0.25) is 5.95 Å². The maximum absolute atomic E-state index is 10.3. The third-order valence-corrected chi connectivity index (χ3v) is 5.10. The van der Waals surface area contributed by atoms with Gasteiger partial charge >= 0.3 is 13.8 Å². The third-order valence-electron chi connectivity index (χ3n) is 4.68. The Hall–Kier alpha value is -2.65. The van der Waals surface area contributed by atoms with Gasteiger partial charge in [0.05, 0.1) is 12.4 Å². The summed E-state index contributed by atoms with van der Waals surface area (Å²) in [6.07, 6.45) is 9.10. The maximum Gasteiger partial charge on any atom is 0.527 e. The average molecular weight is 489 g/mol. The second-order valence-electron chi connectivity index (χ2n) is 7.49. The highest BCUT2D eigenvalue weighted by molar-refractivity contribution is 7.46. The molecule has 2 aliphatic rings. The number of aliphatic hydroxyl groups is 1. The van der Waals surface area contributed by atoms with Crippen molar-refractivity contribution in [1.29, 1.82) is 0 Å². The van der Waals surface area contributed by atoms with Crippen LogP contribution in [0.4, 0.5) is 11.8 Å². The zero-order valence-corrected chi connectivity index (χ0v) is 19.1. The average Bonchev–Trinajstić information content (AvgIpc) is 3.19. The van der Waals surface area contributed by atoms with Crippen molar-refractivity contribution in [2.75, 3.05) is 17.7 Å². The molecule has 3 atom stereocenters. The van der Waals surface area contributed by atoms with Crippen LogP contribution in [-0.4, -0.2) is 59.1 Å². The molecule has 33 heavy (non-hydrogen) atoms. The summed E-state index contributed by atoms with van der Waals surface area (Å²) >= 11 is 0. The topological polar surface area (TPSA) is 282 Å². The number of aliphatic hydroxyl groups excluding tert-OH is 1. The van der Waals surface area contributed by atoms with E-state index in [4.69, 9.17) is 21.3 Å². The first-order valence-corrected chi connectivity index (χ1v) is 11.2. The predicted octanol–water partition coefficient (Wildman–Crippen LogP) is 0.386. The quantitative estimate of drug-likeness (QED) is 0.201. The van der Waals surface area contributed by atoms with Gasteiger partial charge in [-0.15, -0.1) is 0 Å². The molecule has 0 aliphatic heterocycles. The van der Waals surface area contributed by atoms with Crippen LogP contribution in [0.1, 0.15) is 32.2 Å². The lowest BCUT2D eigenvalue weighted by molar-refractivity contribution is -0.136. The van der Waals surface area contributed by atoms with Gasteiger partial charge in [0.25, 0.3) is 0 Å². The fraction of sp³-hybridized carbons (Fsp3) is 0.529. The molecule has 1 fully saturated rings. The number of nitrogens with one attached hydrogen (secondary N) is 1. The third kappa shape index (κ3) is 7.71. The van der Waals surface area contributed by atoms with Gasteiger partial charge in [-0.1, -0.05) is 12.2 Å². The number of phosphoric ester groups is 1. The van der Waals surface area contributed by atoms with Crippen LogP contribution < -0.4 is 29.1 Å². The Balaban J connectivity index is 0.000000395. The summed E-state index contributed by atoms with van der Waals surface area (Å²) in [5.41, 5.74) is 12.3. The van der Waals surface area contributed by atoms with Gasteiger partial charge in [-0.25, -0.2) is 14.3 Å². The molecule has 2 aromatic rings. The maximum atomic E-state index is 10.3. The van der Waals surface area contributed by atoms with E-state index >= 15 is 0 Å². The fourth-order valence-corrected chi connectivity index (χ4v) is 3.39. The number of anilines is 2. The summed E-state index contributed by atoms with van der Waals surface area (Å²) in [5.74, 6) is 0.0662. The summed E-state index contributed by atoms with van der Waals surface area (Å²) in [6, 6.07) is -0.374. The number of hydrogen-bond acceptors (Lipinski definition) is 12. The van der Waals surface area contributed by atoms with E-state index in [0.717, 1.165) is 36.2 Å². The van der Waals surface area contributed by atoms with E-state index in [1.807, 2.05) is 10.6 Å². The highest BCUT2D eigenvalue weighted by atomic mass is 31.2. The Morgan fingerprint density at radius 1 is 1.33 bits per heavy atom. The number of rotatable bonds is 6. The minimum absolute atomic E-state index is 0. The smallest absolute Gasteiger partial charge is 0.396 e. The van der Waals surface area contributed by atoms with Crippen molar-refractivity contribution in [1.82, 2.24) is 31.8 Å². The summed E-state index contributed by atoms with van der Waals surface area (Å²) in [4.78, 5) is 39.5. The number of allylic oxidation sites excluding steroid dienone is 1. The van der Waals surface area contributed by atoms with E-state index < -0.39 is 19.8 Å². The molecule has 0 bridgehead atoms. The number of aromatic nitrogens is 4. The molecular formula is C17H32N9O6P. The Morgan fingerprint density at radius 2 is 2.00 bits per heavy atom. The molecule has 2 aromatic heterocycles. The molecule has 0 aromatic carbocycles. The van der Waals surface area contributed by atoms with Crippen LogP contribution in [0.5, 0.6) is 0 Å². The van der Waals surface area contributed by atoms with E-state index in [9.17, 15) is 14.5 Å². The highest BCUT2D eigenvalue weighted by Crippen LogP contribution is 2.36. The number of nitrogens with two attached hydrogens (primary N) is 2. The molecule has 0 unspecified atom stereocenters. The molecule has 14 N–H and O–H groups in total. The highest BCUT2D eigenvalue weighted by Gasteiger charge is 2.26. The minimum atomic E-state index is -4.71. The van der Waals surface area contributed by atoms with Gasteiger partial charge in [0, 0.05) is 18.6 Å². The van der Waals surface area contributed by atoms with Crippen molar-refractivity contribution in [2.24, 2.45) is 11.7 Å². The molecule has 4 rings (SSSR count). The molecule has 0 amide bonds. The lowest BCUT2D eigenvalue weighted by Gasteiger charge is -2.13. The predicted molar refractivity (Wildman–Crippen MR) is 122 cm³/mol. The van der Waals surface area contributed by atoms with Crippen LogP contribution in [0.2, 0.25) is 0 Å². The normalized spacial score (nSPS) is 20.2. The monoisotopic (exact) mass is 489 g/mol. The molecule has 0 saturated heterocycles. The van der Waals surface area contributed by atoms with Gasteiger partial charge in [-0.2, -0.15) is 9.97 Å².